The molecule has 0 bridgehead atoms. The molecule has 16 heavy (non-hydrogen) atoms. The van der Waals surface area contributed by atoms with Crippen molar-refractivity contribution in [3.8, 4) is 0 Å². The molecular weight excluding hydrogens is 266 g/mol. The van der Waals surface area contributed by atoms with Gasteiger partial charge in [0.2, 0.25) is 0 Å². The summed E-state index contributed by atoms with van der Waals surface area (Å²) >= 11 is 1.24. The van der Waals surface area contributed by atoms with E-state index < -0.39 is 6.04 Å². The van der Waals surface area contributed by atoms with Crippen molar-refractivity contribution in [3.63, 3.8) is 0 Å². The molecule has 0 aliphatic carbocycles. The van der Waals surface area contributed by atoms with Gasteiger partial charge in [0.05, 0.1) is 0 Å². The highest BCUT2D eigenvalue weighted by atomic mass is 32.2. The molecule has 3 atom stereocenters. The van der Waals surface area contributed by atoms with E-state index in [-0.39, 0.29) is 17.1 Å². The predicted molar refractivity (Wildman–Crippen MR) is 69.7 cm³/mol. The Morgan fingerprint density at radius 1 is 1.44 bits per heavy atom. The Bertz CT molecular complexity index is 326. The highest BCUT2D eigenvalue weighted by molar-refractivity contribution is 8.13. The summed E-state index contributed by atoms with van der Waals surface area (Å²) in [7, 11) is 4.31. The summed E-state index contributed by atoms with van der Waals surface area (Å²) in [5, 5.41) is 0.0587. The van der Waals surface area contributed by atoms with Crippen LogP contribution >= 0.6 is 30.5 Å². The Balaban J connectivity index is 2.52. The Morgan fingerprint density at radius 3 is 2.50 bits per heavy atom. The maximum absolute atomic E-state index is 11.6. The molecule has 1 aliphatic heterocycles. The zero-order chi connectivity index (χ0) is 12.3. The van der Waals surface area contributed by atoms with Crippen molar-refractivity contribution in [2.24, 2.45) is 0 Å². The molecule has 1 saturated heterocycles. The van der Waals surface area contributed by atoms with Crippen LogP contribution in [0.5, 0.6) is 0 Å². The second-order valence-corrected chi connectivity index (χ2v) is 5.65. The number of nitrogens with zero attached hydrogens (tertiary/aromatic N) is 2. The first-order valence-electron chi connectivity index (χ1n) is 4.81. The third kappa shape index (κ3) is 2.93. The second kappa shape index (κ2) is 5.95. The van der Waals surface area contributed by atoms with E-state index in [0.29, 0.717) is 12.8 Å². The van der Waals surface area contributed by atoms with Gasteiger partial charge in [-0.1, -0.05) is 18.7 Å². The van der Waals surface area contributed by atoms with Crippen LogP contribution in [0.1, 0.15) is 19.8 Å². The van der Waals surface area contributed by atoms with Gasteiger partial charge in [0.25, 0.3) is 5.91 Å². The van der Waals surface area contributed by atoms with Gasteiger partial charge in [-0.2, -0.15) is 0 Å². The van der Waals surface area contributed by atoms with Crippen LogP contribution in [0, 0.1) is 0 Å². The second-order valence-electron chi connectivity index (χ2n) is 3.26. The van der Waals surface area contributed by atoms with Gasteiger partial charge in [-0.3, -0.25) is 14.3 Å². The van der Waals surface area contributed by atoms with Gasteiger partial charge in [0.1, 0.15) is 6.04 Å². The molecule has 1 aliphatic rings. The SMILES string of the molecule is CCSC(=O)CCC1C(=O)N(P)C(=O)N1P. The van der Waals surface area contributed by atoms with E-state index in [4.69, 9.17) is 0 Å². The van der Waals surface area contributed by atoms with E-state index >= 15 is 0 Å². The van der Waals surface area contributed by atoms with Gasteiger partial charge >= 0.3 is 6.03 Å². The van der Waals surface area contributed by atoms with Crippen molar-refractivity contribution < 1.29 is 14.4 Å². The Labute approximate surface area is 103 Å². The third-order valence-corrected chi connectivity index (χ3v) is 4.08. The summed E-state index contributed by atoms with van der Waals surface area (Å²) in [5.74, 6) is 0.454. The quantitative estimate of drug-likeness (QED) is 0.574. The number of amides is 3. The van der Waals surface area contributed by atoms with Gasteiger partial charge in [0, 0.05) is 6.42 Å². The van der Waals surface area contributed by atoms with E-state index in [0.717, 1.165) is 10.4 Å². The van der Waals surface area contributed by atoms with Crippen molar-refractivity contribution in [2.75, 3.05) is 5.75 Å². The fraction of sp³-hybridized carbons (Fsp3) is 0.625. The molecule has 0 spiro atoms. The summed E-state index contributed by atoms with van der Waals surface area (Å²) in [6, 6.07) is -0.906. The summed E-state index contributed by atoms with van der Waals surface area (Å²) < 4.78 is 2.29. The Kier molecular flexibility index (Phi) is 5.16. The number of hydrogen-bond acceptors (Lipinski definition) is 4. The molecule has 1 heterocycles. The fourth-order valence-electron chi connectivity index (χ4n) is 1.38. The number of rotatable bonds is 4. The molecule has 0 aromatic carbocycles. The number of urea groups is 1. The Morgan fingerprint density at radius 2 is 2.06 bits per heavy atom. The average Bonchev–Trinajstić information content (AvgIpc) is 2.42. The average molecular weight is 280 g/mol. The number of thioether (sulfide) groups is 1. The minimum absolute atomic E-state index is 0.0587. The highest BCUT2D eigenvalue weighted by Crippen LogP contribution is 2.27. The standard InChI is InChI=1S/C8H14N2O3P2S/c1-2-16-6(11)4-3-5-7(12)10(15)8(13)9(5)14/h5H,2-4,14-15H2,1H3. The molecule has 5 nitrogen and oxygen atoms in total. The molecule has 0 aromatic rings. The molecule has 0 N–H and O–H groups in total. The lowest BCUT2D eigenvalue weighted by Gasteiger charge is -2.14. The van der Waals surface area contributed by atoms with E-state index in [2.05, 4.69) is 18.8 Å². The van der Waals surface area contributed by atoms with Crippen LogP contribution < -0.4 is 0 Å². The maximum atomic E-state index is 11.6. The number of imide groups is 1. The van der Waals surface area contributed by atoms with Crippen molar-refractivity contribution >= 4 is 47.6 Å². The zero-order valence-electron chi connectivity index (χ0n) is 8.88. The number of carbonyl (C=O) groups excluding carboxylic acids is 3. The van der Waals surface area contributed by atoms with Crippen molar-refractivity contribution in [1.82, 2.24) is 9.34 Å². The first kappa shape index (κ1) is 13.9. The molecule has 0 aromatic heterocycles. The normalized spacial score (nSPS) is 20.8. The molecular formula is C8H14N2O3P2S. The zero-order valence-corrected chi connectivity index (χ0v) is 12.0. The number of carbonyl (C=O) groups is 3. The van der Waals surface area contributed by atoms with Crippen LogP contribution in [-0.4, -0.2) is 38.2 Å². The summed E-state index contributed by atoms with van der Waals surface area (Å²) in [6.07, 6.45) is 0.691. The first-order chi connectivity index (χ1) is 7.49. The lowest BCUT2D eigenvalue weighted by molar-refractivity contribution is -0.124. The van der Waals surface area contributed by atoms with Crippen LogP contribution in [-0.2, 0) is 9.59 Å². The summed E-state index contributed by atoms with van der Waals surface area (Å²) in [6.45, 7) is 1.90. The van der Waals surface area contributed by atoms with E-state index in [9.17, 15) is 14.4 Å². The highest BCUT2D eigenvalue weighted by Gasteiger charge is 2.40. The van der Waals surface area contributed by atoms with E-state index in [1.807, 2.05) is 6.92 Å². The predicted octanol–water partition coefficient (Wildman–Crippen LogP) is 1.26. The Hall–Kier alpha value is -0.180. The molecule has 90 valence electrons. The summed E-state index contributed by atoms with van der Waals surface area (Å²) in [5.41, 5.74) is 0. The molecule has 0 saturated carbocycles. The van der Waals surface area contributed by atoms with Crippen molar-refractivity contribution in [1.29, 1.82) is 0 Å². The molecule has 8 heteroatoms. The van der Waals surface area contributed by atoms with E-state index in [1.165, 1.54) is 16.4 Å². The van der Waals surface area contributed by atoms with Crippen LogP contribution in [0.15, 0.2) is 0 Å². The molecule has 1 fully saturated rings. The molecule has 1 rings (SSSR count). The van der Waals surface area contributed by atoms with Crippen molar-refractivity contribution in [2.45, 2.75) is 25.8 Å². The lowest BCUT2D eigenvalue weighted by Crippen LogP contribution is -2.27. The third-order valence-electron chi connectivity index (χ3n) is 2.21. The van der Waals surface area contributed by atoms with Crippen LogP contribution in [0.25, 0.3) is 0 Å². The van der Waals surface area contributed by atoms with Gasteiger partial charge < -0.3 is 0 Å². The number of hydrogen-bond donors (Lipinski definition) is 0. The molecule has 3 unspecified atom stereocenters. The van der Waals surface area contributed by atoms with Crippen LogP contribution in [0.4, 0.5) is 4.79 Å². The van der Waals surface area contributed by atoms with Crippen molar-refractivity contribution in [3.05, 3.63) is 0 Å². The lowest BCUT2D eigenvalue weighted by atomic mass is 10.2. The molecule has 3 amide bonds. The van der Waals surface area contributed by atoms with Crippen LogP contribution in [0.3, 0.4) is 0 Å². The van der Waals surface area contributed by atoms with E-state index in [1.54, 1.807) is 0 Å². The fourth-order valence-corrected chi connectivity index (χ4v) is 2.81. The topological polar surface area (TPSA) is 57.7 Å². The molecule has 0 radical (unpaired) electrons. The van der Waals surface area contributed by atoms with Crippen LogP contribution in [0.2, 0.25) is 0 Å². The monoisotopic (exact) mass is 280 g/mol. The van der Waals surface area contributed by atoms with Gasteiger partial charge in [-0.15, -0.1) is 0 Å². The minimum Gasteiger partial charge on any atom is -0.296 e. The first-order valence-corrected chi connectivity index (χ1v) is 6.83. The minimum atomic E-state index is -0.531. The van der Waals surface area contributed by atoms with Gasteiger partial charge in [0.15, 0.2) is 5.12 Å². The maximum Gasteiger partial charge on any atom is 0.333 e. The largest absolute Gasteiger partial charge is 0.333 e. The summed E-state index contributed by atoms with van der Waals surface area (Å²) in [4.78, 5) is 34.3. The van der Waals surface area contributed by atoms with Gasteiger partial charge in [-0.25, -0.2) is 9.46 Å². The smallest absolute Gasteiger partial charge is 0.296 e. The van der Waals surface area contributed by atoms with Gasteiger partial charge in [-0.05, 0) is 31.0 Å².